The molecule has 22 heavy (non-hydrogen) atoms. The summed E-state index contributed by atoms with van der Waals surface area (Å²) >= 11 is 2.55. The molecule has 0 spiro atoms. The third-order valence-corrected chi connectivity index (χ3v) is 7.11. The lowest BCUT2D eigenvalue weighted by Gasteiger charge is -2.40. The number of hydrogen-bond acceptors (Lipinski definition) is 4. The average Bonchev–Trinajstić information content (AvgIpc) is 2.87. The van der Waals surface area contributed by atoms with E-state index in [0.29, 0.717) is 16.0 Å². The van der Waals surface area contributed by atoms with Gasteiger partial charge in [-0.05, 0) is 46.4 Å². The largest absolute Gasteiger partial charge is 0.340 e. The summed E-state index contributed by atoms with van der Waals surface area (Å²) in [6.07, 6.45) is 3.35. The average molecular weight is 420 g/mol. The van der Waals surface area contributed by atoms with Gasteiger partial charge in [-0.25, -0.2) is 0 Å². The maximum Gasteiger partial charge on any atom is 0.225 e. The van der Waals surface area contributed by atoms with E-state index in [1.165, 1.54) is 13.0 Å². The molecule has 5 nitrogen and oxygen atoms in total. The first-order valence-corrected chi connectivity index (χ1v) is 9.85. The zero-order valence-corrected chi connectivity index (χ0v) is 16.0. The Morgan fingerprint density at radius 2 is 1.64 bits per heavy atom. The molecule has 3 heterocycles. The van der Waals surface area contributed by atoms with Crippen LogP contribution in [0, 0.1) is 5.92 Å². The molecule has 3 fully saturated rings. The molecule has 0 unspecified atom stereocenters. The molecule has 0 aromatic carbocycles. The Kier molecular flexibility index (Phi) is 5.63. The summed E-state index contributed by atoms with van der Waals surface area (Å²) < 4.78 is 0.668. The van der Waals surface area contributed by atoms with Crippen molar-refractivity contribution in [3.05, 3.63) is 0 Å². The first-order chi connectivity index (χ1) is 10.5. The van der Waals surface area contributed by atoms with Gasteiger partial charge in [-0.2, -0.15) is 0 Å². The van der Waals surface area contributed by atoms with Gasteiger partial charge in [0.15, 0.2) is 0 Å². The van der Waals surface area contributed by atoms with Crippen LogP contribution in [0.15, 0.2) is 0 Å². The van der Waals surface area contributed by atoms with E-state index in [1.54, 1.807) is 0 Å². The van der Waals surface area contributed by atoms with Crippen LogP contribution in [0.2, 0.25) is 0 Å². The highest BCUT2D eigenvalue weighted by atomic mass is 127. The maximum absolute atomic E-state index is 12.7. The number of carbonyl (C=O) groups is 1. The molecule has 6 heteroatoms. The molecule has 3 aliphatic rings. The Morgan fingerprint density at radius 3 is 2.18 bits per heavy atom. The van der Waals surface area contributed by atoms with Gasteiger partial charge >= 0.3 is 0 Å². The molecule has 0 bridgehead atoms. The van der Waals surface area contributed by atoms with Crippen molar-refractivity contribution in [2.75, 3.05) is 59.9 Å². The van der Waals surface area contributed by atoms with Crippen LogP contribution < -0.4 is 0 Å². The van der Waals surface area contributed by atoms with Gasteiger partial charge in [0, 0.05) is 44.7 Å². The standard InChI is InChI=1S/C16H29IN4O/c1-18-5-3-13(4-6-18)16(22)21-9-7-20(8-10-21)14-11-15(17)19(2)12-14/h13-15H,3-12H2,1-2H3/t14-,15-/m0/s1. The molecule has 0 aromatic heterocycles. The molecule has 2 atom stereocenters. The number of carbonyl (C=O) groups excluding carboxylic acids is 1. The van der Waals surface area contributed by atoms with Gasteiger partial charge in [0.1, 0.15) is 0 Å². The topological polar surface area (TPSA) is 30.0 Å². The fraction of sp³-hybridized carbons (Fsp3) is 0.938. The van der Waals surface area contributed by atoms with Crippen LogP contribution in [0.5, 0.6) is 0 Å². The zero-order valence-electron chi connectivity index (χ0n) is 13.9. The summed E-state index contributed by atoms with van der Waals surface area (Å²) in [5, 5.41) is 0. The van der Waals surface area contributed by atoms with Crippen molar-refractivity contribution in [2.45, 2.75) is 29.4 Å². The SMILES string of the molecule is CN1CCC(C(=O)N2CCN([C@H]3C[C@@H](I)N(C)C3)CC2)CC1. The molecule has 0 radical (unpaired) electrons. The fourth-order valence-corrected chi connectivity index (χ4v) is 4.83. The van der Waals surface area contributed by atoms with Gasteiger partial charge in [-0.15, -0.1) is 0 Å². The number of piperazine rings is 1. The Bertz CT molecular complexity index is 382. The van der Waals surface area contributed by atoms with Gasteiger partial charge in [-0.1, -0.05) is 22.6 Å². The first-order valence-electron chi connectivity index (χ1n) is 8.60. The highest BCUT2D eigenvalue weighted by Gasteiger charge is 2.35. The Hall–Kier alpha value is 0.0800. The third-order valence-electron chi connectivity index (χ3n) is 5.65. The predicted octanol–water partition coefficient (Wildman–Crippen LogP) is 0.938. The Balaban J connectivity index is 1.46. The van der Waals surface area contributed by atoms with E-state index >= 15 is 0 Å². The minimum Gasteiger partial charge on any atom is -0.340 e. The molecule has 3 saturated heterocycles. The lowest BCUT2D eigenvalue weighted by atomic mass is 9.95. The van der Waals surface area contributed by atoms with Crippen molar-refractivity contribution in [3.8, 4) is 0 Å². The predicted molar refractivity (Wildman–Crippen MR) is 97.2 cm³/mol. The van der Waals surface area contributed by atoms with Crippen LogP contribution in [-0.4, -0.2) is 95.5 Å². The van der Waals surface area contributed by atoms with Crippen molar-refractivity contribution < 1.29 is 4.79 Å². The number of alkyl halides is 1. The number of piperidine rings is 1. The molecular formula is C16H29IN4O. The van der Waals surface area contributed by atoms with Crippen LogP contribution in [-0.2, 0) is 4.79 Å². The summed E-state index contributed by atoms with van der Waals surface area (Å²) in [6, 6.07) is 0.687. The van der Waals surface area contributed by atoms with Crippen molar-refractivity contribution in [2.24, 2.45) is 5.92 Å². The molecule has 0 aromatic rings. The molecule has 0 N–H and O–H groups in total. The number of likely N-dealkylation sites (N-methyl/N-ethyl adjacent to an activating group) is 1. The minimum atomic E-state index is 0.277. The number of halogens is 1. The molecule has 3 rings (SSSR count). The van der Waals surface area contributed by atoms with E-state index in [0.717, 1.165) is 52.1 Å². The van der Waals surface area contributed by atoms with Crippen LogP contribution in [0.25, 0.3) is 0 Å². The highest BCUT2D eigenvalue weighted by Crippen LogP contribution is 2.26. The second kappa shape index (κ2) is 7.32. The number of rotatable bonds is 2. The van der Waals surface area contributed by atoms with E-state index in [4.69, 9.17) is 0 Å². The number of amides is 1. The lowest BCUT2D eigenvalue weighted by Crippen LogP contribution is -2.54. The molecule has 126 valence electrons. The van der Waals surface area contributed by atoms with Crippen molar-refractivity contribution in [3.63, 3.8) is 0 Å². The van der Waals surface area contributed by atoms with E-state index in [9.17, 15) is 4.79 Å². The molecule has 0 aliphatic carbocycles. The van der Waals surface area contributed by atoms with Gasteiger partial charge in [0.2, 0.25) is 5.91 Å². The van der Waals surface area contributed by atoms with Gasteiger partial charge in [0.25, 0.3) is 0 Å². The fourth-order valence-electron chi connectivity index (χ4n) is 4.01. The summed E-state index contributed by atoms with van der Waals surface area (Å²) in [5.74, 6) is 0.696. The van der Waals surface area contributed by atoms with Crippen molar-refractivity contribution in [1.29, 1.82) is 0 Å². The van der Waals surface area contributed by atoms with Crippen LogP contribution in [0.4, 0.5) is 0 Å². The third kappa shape index (κ3) is 3.76. The molecular weight excluding hydrogens is 391 g/mol. The highest BCUT2D eigenvalue weighted by molar-refractivity contribution is 14.1. The summed E-state index contributed by atoms with van der Waals surface area (Å²) in [7, 11) is 4.37. The Labute approximate surface area is 148 Å². The number of likely N-dealkylation sites (tertiary alicyclic amines) is 2. The summed E-state index contributed by atoms with van der Waals surface area (Å²) in [6.45, 7) is 7.29. The van der Waals surface area contributed by atoms with Crippen LogP contribution in [0.1, 0.15) is 19.3 Å². The van der Waals surface area contributed by atoms with Crippen molar-refractivity contribution >= 4 is 28.5 Å². The van der Waals surface area contributed by atoms with Crippen LogP contribution in [0.3, 0.4) is 0 Å². The maximum atomic E-state index is 12.7. The van der Waals surface area contributed by atoms with E-state index in [-0.39, 0.29) is 5.92 Å². The summed E-state index contributed by atoms with van der Waals surface area (Å²) in [4.78, 5) is 22.2. The number of nitrogens with zero attached hydrogens (tertiary/aromatic N) is 4. The lowest BCUT2D eigenvalue weighted by molar-refractivity contribution is -0.139. The van der Waals surface area contributed by atoms with Crippen LogP contribution >= 0.6 is 22.6 Å². The summed E-state index contributed by atoms with van der Waals surface area (Å²) in [5.41, 5.74) is 0. The van der Waals surface area contributed by atoms with E-state index < -0.39 is 0 Å². The van der Waals surface area contributed by atoms with E-state index in [2.05, 4.69) is 56.3 Å². The van der Waals surface area contributed by atoms with Gasteiger partial charge in [-0.3, -0.25) is 14.6 Å². The normalized spacial score (nSPS) is 33.5. The van der Waals surface area contributed by atoms with Gasteiger partial charge in [0.05, 0.1) is 4.05 Å². The van der Waals surface area contributed by atoms with Gasteiger partial charge < -0.3 is 9.80 Å². The Morgan fingerprint density at radius 1 is 1.00 bits per heavy atom. The van der Waals surface area contributed by atoms with Crippen molar-refractivity contribution in [1.82, 2.24) is 19.6 Å². The minimum absolute atomic E-state index is 0.277. The second-order valence-corrected chi connectivity index (χ2v) is 8.64. The monoisotopic (exact) mass is 420 g/mol. The molecule has 1 amide bonds. The zero-order chi connectivity index (χ0) is 15.7. The molecule has 0 saturated carbocycles. The number of hydrogen-bond donors (Lipinski definition) is 0. The smallest absolute Gasteiger partial charge is 0.225 e. The second-order valence-electron chi connectivity index (χ2n) is 7.20. The van der Waals surface area contributed by atoms with E-state index in [1.807, 2.05) is 0 Å². The first kappa shape index (κ1) is 16.9. The quantitative estimate of drug-likeness (QED) is 0.378. The molecule has 3 aliphatic heterocycles.